The van der Waals surface area contributed by atoms with Gasteiger partial charge in [-0.2, -0.15) is 0 Å². The number of aliphatic imine (C=N–C) groups is 1. The average Bonchev–Trinajstić information content (AvgIpc) is 3.22. The number of nitrogens with zero attached hydrogens (tertiary/aromatic N) is 3. The van der Waals surface area contributed by atoms with E-state index in [-0.39, 0.29) is 29.5 Å². The maximum atomic E-state index is 5.65. The van der Waals surface area contributed by atoms with Gasteiger partial charge in [0.15, 0.2) is 5.96 Å². The summed E-state index contributed by atoms with van der Waals surface area (Å²) in [6, 6.07) is 8.21. The largest absolute Gasteiger partial charge is 0.444 e. The Bertz CT molecular complexity index is 814. The smallest absolute Gasteiger partial charge is 0.226 e. The minimum absolute atomic E-state index is 0. The lowest BCUT2D eigenvalue weighted by Gasteiger charge is -2.39. The van der Waals surface area contributed by atoms with Crippen LogP contribution in [0.4, 0.5) is 0 Å². The highest BCUT2D eigenvalue weighted by molar-refractivity contribution is 14.0. The first-order chi connectivity index (χ1) is 14.5. The summed E-state index contributed by atoms with van der Waals surface area (Å²) < 4.78 is 11.1. The predicted octanol–water partition coefficient (Wildman–Crippen LogP) is 3.48. The molecule has 7 nitrogen and oxygen atoms in total. The van der Waals surface area contributed by atoms with Crippen molar-refractivity contribution in [3.05, 3.63) is 41.8 Å². The molecule has 1 aliphatic rings. The molecular formula is C23H36IN5O2. The van der Waals surface area contributed by atoms with Gasteiger partial charge in [-0.1, -0.05) is 17.7 Å². The second kappa shape index (κ2) is 12.4. The Labute approximate surface area is 203 Å². The highest BCUT2D eigenvalue weighted by Crippen LogP contribution is 2.19. The molecule has 3 rings (SSSR count). The van der Waals surface area contributed by atoms with Crippen molar-refractivity contribution in [2.24, 2.45) is 4.99 Å². The normalized spacial score (nSPS) is 15.4. The summed E-state index contributed by atoms with van der Waals surface area (Å²) in [5.74, 6) is 1.50. The van der Waals surface area contributed by atoms with Gasteiger partial charge in [-0.05, 0) is 39.8 Å². The van der Waals surface area contributed by atoms with Gasteiger partial charge < -0.3 is 19.8 Å². The van der Waals surface area contributed by atoms with Crippen LogP contribution in [0.2, 0.25) is 0 Å². The van der Waals surface area contributed by atoms with Crippen molar-refractivity contribution >= 4 is 29.9 Å². The van der Waals surface area contributed by atoms with Crippen LogP contribution in [0.15, 0.2) is 39.9 Å². The van der Waals surface area contributed by atoms with Gasteiger partial charge in [0.05, 0.1) is 25.5 Å². The minimum Gasteiger partial charge on any atom is -0.444 e. The Balaban J connectivity index is 0.00000341. The van der Waals surface area contributed by atoms with Crippen LogP contribution in [-0.2, 0) is 11.2 Å². The van der Waals surface area contributed by atoms with Crippen LogP contribution in [0, 0.1) is 6.92 Å². The first-order valence-electron chi connectivity index (χ1n) is 10.8. The second-order valence-corrected chi connectivity index (χ2v) is 8.29. The van der Waals surface area contributed by atoms with Gasteiger partial charge in [0, 0.05) is 43.7 Å². The molecule has 1 saturated heterocycles. The minimum atomic E-state index is 0. The molecule has 1 aromatic heterocycles. The fourth-order valence-electron chi connectivity index (χ4n) is 3.44. The summed E-state index contributed by atoms with van der Waals surface area (Å²) in [4.78, 5) is 11.9. The van der Waals surface area contributed by atoms with Crippen LogP contribution < -0.4 is 10.6 Å². The maximum Gasteiger partial charge on any atom is 0.226 e. The van der Waals surface area contributed by atoms with Crippen molar-refractivity contribution in [1.82, 2.24) is 20.5 Å². The number of ether oxygens (including phenoxy) is 1. The molecule has 8 heteroatoms. The monoisotopic (exact) mass is 541 g/mol. The molecule has 2 aromatic rings. The van der Waals surface area contributed by atoms with Gasteiger partial charge in [-0.3, -0.25) is 9.89 Å². The summed E-state index contributed by atoms with van der Waals surface area (Å²) >= 11 is 0. The average molecular weight is 541 g/mol. The van der Waals surface area contributed by atoms with E-state index in [0.717, 1.165) is 69.6 Å². The van der Waals surface area contributed by atoms with E-state index in [4.69, 9.17) is 14.1 Å². The van der Waals surface area contributed by atoms with Gasteiger partial charge in [-0.15, -0.1) is 24.0 Å². The Morgan fingerprint density at radius 2 is 1.87 bits per heavy atom. The first kappa shape index (κ1) is 25.6. The molecular weight excluding hydrogens is 505 g/mol. The number of guanidine groups is 1. The Morgan fingerprint density at radius 1 is 1.16 bits per heavy atom. The molecule has 0 atom stereocenters. The molecule has 172 valence electrons. The lowest BCUT2D eigenvalue weighted by atomic mass is 10.0. The molecule has 1 aliphatic heterocycles. The summed E-state index contributed by atoms with van der Waals surface area (Å²) in [6.45, 7) is 14.4. The number of hydrogen-bond acceptors (Lipinski definition) is 5. The zero-order chi connectivity index (χ0) is 21.4. The van der Waals surface area contributed by atoms with E-state index in [1.807, 2.05) is 12.1 Å². The summed E-state index contributed by atoms with van der Waals surface area (Å²) in [6.07, 6.45) is 2.51. The van der Waals surface area contributed by atoms with Gasteiger partial charge in [0.1, 0.15) is 6.26 Å². The van der Waals surface area contributed by atoms with Crippen LogP contribution in [0.1, 0.15) is 32.0 Å². The lowest BCUT2D eigenvalue weighted by molar-refractivity contribution is -0.00683. The molecule has 1 fully saturated rings. The van der Waals surface area contributed by atoms with Crippen molar-refractivity contribution in [1.29, 1.82) is 0 Å². The molecule has 2 N–H and O–H groups in total. The van der Waals surface area contributed by atoms with E-state index in [0.29, 0.717) is 5.89 Å². The molecule has 0 radical (unpaired) electrons. The van der Waals surface area contributed by atoms with Crippen molar-refractivity contribution in [3.8, 4) is 11.5 Å². The quantitative estimate of drug-likeness (QED) is 0.303. The van der Waals surface area contributed by atoms with Gasteiger partial charge in [0.2, 0.25) is 5.89 Å². The van der Waals surface area contributed by atoms with E-state index in [1.54, 1.807) is 6.26 Å². The Kier molecular flexibility index (Phi) is 10.2. The first-order valence-corrected chi connectivity index (χ1v) is 10.8. The zero-order valence-corrected chi connectivity index (χ0v) is 21.4. The molecule has 0 spiro atoms. The summed E-state index contributed by atoms with van der Waals surface area (Å²) in [7, 11) is 0. The van der Waals surface area contributed by atoms with Crippen LogP contribution in [0.3, 0.4) is 0 Å². The molecule has 0 unspecified atom stereocenters. The number of morpholine rings is 1. The van der Waals surface area contributed by atoms with Gasteiger partial charge in [0.25, 0.3) is 0 Å². The van der Waals surface area contributed by atoms with E-state index in [9.17, 15) is 0 Å². The standard InChI is InChI=1S/C23H35N5O2.HI/c1-5-24-22(26-17-23(3,4)28-12-14-29-15-13-28)25-11-10-20-16-30-21(27-20)19-8-6-18(2)7-9-19;/h6-9,16H,5,10-15,17H2,1-4H3,(H2,24,25,26);1H. The molecule has 31 heavy (non-hydrogen) atoms. The van der Waals surface area contributed by atoms with Gasteiger partial charge >= 0.3 is 0 Å². The van der Waals surface area contributed by atoms with Crippen molar-refractivity contribution in [2.75, 3.05) is 45.9 Å². The number of aromatic nitrogens is 1. The highest BCUT2D eigenvalue weighted by Gasteiger charge is 2.28. The third kappa shape index (κ3) is 7.76. The van der Waals surface area contributed by atoms with E-state index in [2.05, 4.69) is 60.3 Å². The Hall–Kier alpha value is -1.65. The number of benzene rings is 1. The zero-order valence-electron chi connectivity index (χ0n) is 19.1. The lowest BCUT2D eigenvalue weighted by Crippen LogP contribution is -2.52. The molecule has 0 saturated carbocycles. The summed E-state index contributed by atoms with van der Waals surface area (Å²) in [5.41, 5.74) is 3.16. The molecule has 2 heterocycles. The van der Waals surface area contributed by atoms with Crippen LogP contribution in [0.5, 0.6) is 0 Å². The third-order valence-corrected chi connectivity index (χ3v) is 5.36. The number of aryl methyl sites for hydroxylation is 1. The van der Waals surface area contributed by atoms with E-state index >= 15 is 0 Å². The number of hydrogen-bond donors (Lipinski definition) is 2. The number of nitrogens with one attached hydrogen (secondary N) is 2. The second-order valence-electron chi connectivity index (χ2n) is 8.29. The van der Waals surface area contributed by atoms with Crippen molar-refractivity contribution < 1.29 is 9.15 Å². The topological polar surface area (TPSA) is 74.9 Å². The summed E-state index contributed by atoms with van der Waals surface area (Å²) in [5, 5.41) is 6.75. The van der Waals surface area contributed by atoms with Crippen LogP contribution in [0.25, 0.3) is 11.5 Å². The van der Waals surface area contributed by atoms with E-state index < -0.39 is 0 Å². The molecule has 0 aliphatic carbocycles. The van der Waals surface area contributed by atoms with Crippen molar-refractivity contribution in [3.63, 3.8) is 0 Å². The van der Waals surface area contributed by atoms with E-state index in [1.165, 1.54) is 5.56 Å². The fourth-order valence-corrected chi connectivity index (χ4v) is 3.44. The Morgan fingerprint density at radius 3 is 2.55 bits per heavy atom. The highest BCUT2D eigenvalue weighted by atomic mass is 127. The van der Waals surface area contributed by atoms with Crippen molar-refractivity contribution in [2.45, 2.75) is 39.7 Å². The van der Waals surface area contributed by atoms with Crippen LogP contribution in [-0.4, -0.2) is 67.3 Å². The maximum absolute atomic E-state index is 5.65. The third-order valence-electron chi connectivity index (χ3n) is 5.36. The molecule has 1 aromatic carbocycles. The van der Waals surface area contributed by atoms with Crippen LogP contribution >= 0.6 is 24.0 Å². The number of oxazole rings is 1. The molecule has 0 bridgehead atoms. The SMILES string of the molecule is CCNC(=NCC(C)(C)N1CCOCC1)NCCc1coc(-c2ccc(C)cc2)n1.I. The van der Waals surface area contributed by atoms with Gasteiger partial charge in [-0.25, -0.2) is 4.98 Å². The molecule has 0 amide bonds. The fraction of sp³-hybridized carbons (Fsp3) is 0.565. The number of rotatable bonds is 8. The predicted molar refractivity (Wildman–Crippen MR) is 136 cm³/mol. The number of halogens is 1.